The number of rotatable bonds is 8. The minimum atomic E-state index is -1.34. The van der Waals surface area contributed by atoms with Crippen LogP contribution in [0.15, 0.2) is 24.3 Å². The molecule has 1 aromatic carbocycles. The van der Waals surface area contributed by atoms with Crippen molar-refractivity contribution in [1.82, 2.24) is 5.32 Å². The summed E-state index contributed by atoms with van der Waals surface area (Å²) in [5.41, 5.74) is -0.851. The molecule has 0 radical (unpaired) electrons. The van der Waals surface area contributed by atoms with Crippen molar-refractivity contribution < 1.29 is 14.6 Å². The second-order valence-electron chi connectivity index (χ2n) is 5.01. The number of ether oxygens (including phenoxy) is 1. The van der Waals surface area contributed by atoms with E-state index in [4.69, 9.17) is 4.74 Å². The highest BCUT2D eigenvalue weighted by molar-refractivity contribution is 6.01. The van der Waals surface area contributed by atoms with E-state index >= 15 is 0 Å². The molecule has 4 heteroatoms. The molecule has 0 fully saturated rings. The molecule has 0 aliphatic heterocycles. The van der Waals surface area contributed by atoms with Gasteiger partial charge < -0.3 is 15.2 Å². The molecule has 0 aromatic heterocycles. The molecule has 2 N–H and O–H groups in total. The lowest BCUT2D eigenvalue weighted by molar-refractivity contribution is 0.0488. The molecule has 0 aliphatic rings. The summed E-state index contributed by atoms with van der Waals surface area (Å²) >= 11 is 0. The first kappa shape index (κ1) is 15.7. The molecule has 0 saturated heterocycles. The summed E-state index contributed by atoms with van der Waals surface area (Å²) in [6.07, 6.45) is 1.10. The normalized spacial score (nSPS) is 11.4. The van der Waals surface area contributed by atoms with Gasteiger partial charge in [0, 0.05) is 12.1 Å². The smallest absolute Gasteiger partial charge is 0.193 e. The van der Waals surface area contributed by atoms with Crippen molar-refractivity contribution >= 4 is 5.78 Å². The first-order valence-electron chi connectivity index (χ1n) is 6.66. The van der Waals surface area contributed by atoms with Crippen molar-refractivity contribution in [1.29, 1.82) is 0 Å². The van der Waals surface area contributed by atoms with E-state index in [9.17, 15) is 9.90 Å². The lowest BCUT2D eigenvalue weighted by Gasteiger charge is -2.15. The Morgan fingerprint density at radius 3 is 2.42 bits per heavy atom. The van der Waals surface area contributed by atoms with E-state index in [1.807, 2.05) is 0 Å². The summed E-state index contributed by atoms with van der Waals surface area (Å²) in [6, 6.07) is 6.85. The van der Waals surface area contributed by atoms with Gasteiger partial charge in [-0.25, -0.2) is 0 Å². The molecule has 0 bridgehead atoms. The maximum atomic E-state index is 11.8. The maximum Gasteiger partial charge on any atom is 0.193 e. The highest BCUT2D eigenvalue weighted by Crippen LogP contribution is 2.16. The zero-order chi connectivity index (χ0) is 14.3. The first-order valence-corrected chi connectivity index (χ1v) is 6.66. The fourth-order valence-corrected chi connectivity index (χ4v) is 1.60. The second-order valence-corrected chi connectivity index (χ2v) is 5.01. The Kier molecular flexibility index (Phi) is 5.99. The highest BCUT2D eigenvalue weighted by Gasteiger charge is 2.24. The van der Waals surface area contributed by atoms with Gasteiger partial charge in [-0.05, 0) is 51.1 Å². The van der Waals surface area contributed by atoms with E-state index in [-0.39, 0.29) is 5.78 Å². The topological polar surface area (TPSA) is 58.6 Å². The molecule has 0 amide bonds. The monoisotopic (exact) mass is 265 g/mol. The summed E-state index contributed by atoms with van der Waals surface area (Å²) < 4.78 is 5.54. The van der Waals surface area contributed by atoms with Gasteiger partial charge in [-0.1, -0.05) is 6.92 Å². The number of carbonyl (C=O) groups excluding carboxylic acids is 1. The predicted molar refractivity (Wildman–Crippen MR) is 75.7 cm³/mol. The fraction of sp³-hybridized carbons (Fsp3) is 0.533. The number of hydrogen-bond acceptors (Lipinski definition) is 4. The van der Waals surface area contributed by atoms with E-state index in [0.717, 1.165) is 25.3 Å². The molecule has 4 nitrogen and oxygen atoms in total. The van der Waals surface area contributed by atoms with E-state index in [1.54, 1.807) is 24.3 Å². The standard InChI is InChI=1S/C15H23NO3/c1-4-9-16-10-11-19-13-7-5-12(6-8-13)14(17)15(2,3)18/h5-8,16,18H,4,9-11H2,1-3H3. The Labute approximate surface area is 114 Å². The average Bonchev–Trinajstić information content (AvgIpc) is 2.37. The van der Waals surface area contributed by atoms with Crippen molar-refractivity contribution in [3.63, 3.8) is 0 Å². The van der Waals surface area contributed by atoms with Gasteiger partial charge in [-0.2, -0.15) is 0 Å². The van der Waals surface area contributed by atoms with Crippen LogP contribution in [0.2, 0.25) is 0 Å². The summed E-state index contributed by atoms with van der Waals surface area (Å²) in [7, 11) is 0. The Bertz CT molecular complexity index is 393. The fourth-order valence-electron chi connectivity index (χ4n) is 1.60. The van der Waals surface area contributed by atoms with Crippen LogP contribution in [-0.2, 0) is 0 Å². The summed E-state index contributed by atoms with van der Waals surface area (Å²) in [5.74, 6) is 0.439. The predicted octanol–water partition coefficient (Wildman–Crippen LogP) is 2.02. The molecule has 0 atom stereocenters. The number of nitrogens with one attached hydrogen (secondary N) is 1. The molecule has 0 aliphatic carbocycles. The van der Waals surface area contributed by atoms with Gasteiger partial charge in [0.15, 0.2) is 5.78 Å². The Balaban J connectivity index is 2.46. The average molecular weight is 265 g/mol. The number of ketones is 1. The van der Waals surface area contributed by atoms with E-state index in [0.29, 0.717) is 12.2 Å². The van der Waals surface area contributed by atoms with Crippen molar-refractivity contribution in [2.45, 2.75) is 32.8 Å². The van der Waals surface area contributed by atoms with Gasteiger partial charge in [0.05, 0.1) is 0 Å². The van der Waals surface area contributed by atoms with Crippen LogP contribution in [0.25, 0.3) is 0 Å². The second kappa shape index (κ2) is 7.26. The molecular formula is C15H23NO3. The summed E-state index contributed by atoms with van der Waals surface area (Å²) in [4.78, 5) is 11.8. The number of carbonyl (C=O) groups is 1. The first-order chi connectivity index (χ1) is 8.95. The molecule has 0 spiro atoms. The van der Waals surface area contributed by atoms with Gasteiger partial charge in [0.1, 0.15) is 18.0 Å². The largest absolute Gasteiger partial charge is 0.492 e. The minimum Gasteiger partial charge on any atom is -0.492 e. The zero-order valence-electron chi connectivity index (χ0n) is 11.9. The summed E-state index contributed by atoms with van der Waals surface area (Å²) in [6.45, 7) is 7.48. The third-order valence-corrected chi connectivity index (χ3v) is 2.65. The quantitative estimate of drug-likeness (QED) is 0.557. The molecule has 0 heterocycles. The third kappa shape index (κ3) is 5.41. The highest BCUT2D eigenvalue weighted by atomic mass is 16.5. The van der Waals surface area contributed by atoms with Crippen molar-refractivity contribution in [3.8, 4) is 5.75 Å². The van der Waals surface area contributed by atoms with Gasteiger partial charge in [0.25, 0.3) is 0 Å². The van der Waals surface area contributed by atoms with Crippen molar-refractivity contribution in [2.24, 2.45) is 0 Å². The summed E-state index contributed by atoms with van der Waals surface area (Å²) in [5, 5.41) is 12.9. The van der Waals surface area contributed by atoms with Crippen molar-refractivity contribution in [2.75, 3.05) is 19.7 Å². The Hall–Kier alpha value is -1.39. The lowest BCUT2D eigenvalue weighted by atomic mass is 9.97. The zero-order valence-corrected chi connectivity index (χ0v) is 11.9. The van der Waals surface area contributed by atoms with E-state index in [1.165, 1.54) is 13.8 Å². The van der Waals surface area contributed by atoms with Crippen LogP contribution in [0.5, 0.6) is 5.75 Å². The van der Waals surface area contributed by atoms with Gasteiger partial charge in [0.2, 0.25) is 0 Å². The van der Waals surface area contributed by atoms with Crippen LogP contribution in [0, 0.1) is 0 Å². The molecular weight excluding hydrogens is 242 g/mol. The number of Topliss-reactive ketones (excluding diaryl/α,β-unsaturated/α-hetero) is 1. The Morgan fingerprint density at radius 2 is 1.89 bits per heavy atom. The van der Waals surface area contributed by atoms with Crippen molar-refractivity contribution in [3.05, 3.63) is 29.8 Å². The van der Waals surface area contributed by atoms with Gasteiger partial charge >= 0.3 is 0 Å². The minimum absolute atomic E-state index is 0.288. The molecule has 1 rings (SSSR count). The Morgan fingerprint density at radius 1 is 1.26 bits per heavy atom. The van der Waals surface area contributed by atoms with Crippen LogP contribution >= 0.6 is 0 Å². The lowest BCUT2D eigenvalue weighted by Crippen LogP contribution is -2.31. The van der Waals surface area contributed by atoms with Crippen LogP contribution in [-0.4, -0.2) is 36.2 Å². The molecule has 19 heavy (non-hydrogen) atoms. The molecule has 106 valence electrons. The van der Waals surface area contributed by atoms with E-state index in [2.05, 4.69) is 12.2 Å². The third-order valence-electron chi connectivity index (χ3n) is 2.65. The van der Waals surface area contributed by atoms with Crippen LogP contribution in [0.1, 0.15) is 37.6 Å². The van der Waals surface area contributed by atoms with Gasteiger partial charge in [-0.15, -0.1) is 0 Å². The van der Waals surface area contributed by atoms with Crippen LogP contribution in [0.4, 0.5) is 0 Å². The van der Waals surface area contributed by atoms with E-state index < -0.39 is 5.60 Å². The van der Waals surface area contributed by atoms with Gasteiger partial charge in [-0.3, -0.25) is 4.79 Å². The number of benzene rings is 1. The molecule has 0 unspecified atom stereocenters. The van der Waals surface area contributed by atoms with Crippen LogP contribution < -0.4 is 10.1 Å². The maximum absolute atomic E-state index is 11.8. The van der Waals surface area contributed by atoms with Crippen LogP contribution in [0.3, 0.4) is 0 Å². The molecule has 0 saturated carbocycles. The molecule has 1 aromatic rings. The number of hydrogen-bond donors (Lipinski definition) is 2. The SMILES string of the molecule is CCCNCCOc1ccc(C(=O)C(C)(C)O)cc1. The number of aliphatic hydroxyl groups is 1.